The van der Waals surface area contributed by atoms with E-state index >= 15 is 0 Å². The summed E-state index contributed by atoms with van der Waals surface area (Å²) >= 11 is 1.70. The number of nitriles is 1. The fourth-order valence-corrected chi connectivity index (χ4v) is 4.49. The van der Waals surface area contributed by atoms with Crippen molar-refractivity contribution in [3.8, 4) is 11.8 Å². The minimum absolute atomic E-state index is 0.108. The molecule has 1 saturated heterocycles. The van der Waals surface area contributed by atoms with Gasteiger partial charge in [0.25, 0.3) is 5.91 Å². The maximum absolute atomic E-state index is 12.2. The molecule has 1 amide bonds. The molecule has 0 spiro atoms. The normalized spacial score (nSPS) is 14.5. The molecule has 1 aromatic heterocycles. The van der Waals surface area contributed by atoms with Crippen LogP contribution in [0.1, 0.15) is 15.9 Å². The van der Waals surface area contributed by atoms with Crippen molar-refractivity contribution < 1.29 is 9.53 Å². The highest BCUT2D eigenvalue weighted by Crippen LogP contribution is 2.31. The molecule has 2 heterocycles. The molecule has 1 aliphatic rings. The van der Waals surface area contributed by atoms with Gasteiger partial charge < -0.3 is 15.0 Å². The average molecular weight is 422 g/mol. The Kier molecular flexibility index (Phi) is 6.12. The van der Waals surface area contributed by atoms with E-state index in [1.54, 1.807) is 42.7 Å². The molecule has 30 heavy (non-hydrogen) atoms. The summed E-state index contributed by atoms with van der Waals surface area (Å²) in [5.74, 6) is 0.744. The van der Waals surface area contributed by atoms with Gasteiger partial charge in [-0.2, -0.15) is 5.26 Å². The third kappa shape index (κ3) is 4.53. The van der Waals surface area contributed by atoms with Gasteiger partial charge in [0, 0.05) is 44.8 Å². The summed E-state index contributed by atoms with van der Waals surface area (Å²) in [4.78, 5) is 21.7. The number of aromatic nitrogens is 1. The first-order chi connectivity index (χ1) is 14.7. The number of hydrogen-bond donors (Lipinski definition) is 1. The fourth-order valence-electron chi connectivity index (χ4n) is 3.44. The van der Waals surface area contributed by atoms with Crippen LogP contribution in [0.25, 0.3) is 10.2 Å². The molecule has 0 radical (unpaired) electrons. The maximum Gasteiger partial charge on any atom is 0.251 e. The fraction of sp³-hybridized carbons (Fsp3) is 0.318. The molecule has 4 rings (SSSR count). The van der Waals surface area contributed by atoms with E-state index in [2.05, 4.69) is 21.2 Å². The van der Waals surface area contributed by atoms with Crippen LogP contribution in [0.15, 0.2) is 42.5 Å². The van der Waals surface area contributed by atoms with E-state index in [1.165, 1.54) is 0 Å². The zero-order valence-corrected chi connectivity index (χ0v) is 17.6. The summed E-state index contributed by atoms with van der Waals surface area (Å²) in [6.07, 6.45) is 0. The first-order valence-corrected chi connectivity index (χ1v) is 10.7. The van der Waals surface area contributed by atoms with Crippen LogP contribution >= 0.6 is 11.3 Å². The third-order valence-electron chi connectivity index (χ3n) is 5.22. The standard InChI is InChI=1S/C22H23N5O2S/c1-29-18-6-7-19-20(14-18)30-22(25-19)27-12-10-26(11-13-27)9-8-24-21(28)17-4-2-16(15-23)3-5-17/h2-7,14H,8-13H2,1H3,(H,24,28). The second-order valence-corrected chi connectivity index (χ2v) is 8.11. The average Bonchev–Trinajstić information content (AvgIpc) is 3.22. The minimum Gasteiger partial charge on any atom is -0.497 e. The minimum atomic E-state index is -0.108. The van der Waals surface area contributed by atoms with Crippen molar-refractivity contribution >= 4 is 32.6 Å². The molecule has 7 nitrogen and oxygen atoms in total. The van der Waals surface area contributed by atoms with E-state index in [4.69, 9.17) is 15.0 Å². The summed E-state index contributed by atoms with van der Waals surface area (Å²) in [6.45, 7) is 5.12. The molecule has 1 fully saturated rings. The molecular formula is C22H23N5O2S. The summed E-state index contributed by atoms with van der Waals surface area (Å²) < 4.78 is 6.44. The Balaban J connectivity index is 1.24. The molecule has 0 aliphatic carbocycles. The molecule has 154 valence electrons. The quantitative estimate of drug-likeness (QED) is 0.659. The summed E-state index contributed by atoms with van der Waals surface area (Å²) in [6, 6.07) is 14.7. The number of nitrogens with zero attached hydrogens (tertiary/aromatic N) is 4. The highest BCUT2D eigenvalue weighted by atomic mass is 32.1. The first kappa shape index (κ1) is 20.1. The second-order valence-electron chi connectivity index (χ2n) is 7.10. The number of carbonyl (C=O) groups excluding carboxylic acids is 1. The Labute approximate surface area is 179 Å². The SMILES string of the molecule is COc1ccc2nc(N3CCN(CCNC(=O)c4ccc(C#N)cc4)CC3)sc2c1. The Bertz CT molecular complexity index is 1070. The number of methoxy groups -OCH3 is 1. The van der Waals surface area contributed by atoms with Crippen LogP contribution in [-0.4, -0.2) is 62.2 Å². The number of rotatable bonds is 6. The number of carbonyl (C=O) groups is 1. The van der Waals surface area contributed by atoms with E-state index in [1.807, 2.05) is 18.2 Å². The van der Waals surface area contributed by atoms with Gasteiger partial charge in [-0.25, -0.2) is 4.98 Å². The highest BCUT2D eigenvalue weighted by Gasteiger charge is 2.20. The number of piperazine rings is 1. The smallest absolute Gasteiger partial charge is 0.251 e. The van der Waals surface area contributed by atoms with Gasteiger partial charge in [0.1, 0.15) is 5.75 Å². The highest BCUT2D eigenvalue weighted by molar-refractivity contribution is 7.22. The molecule has 3 aromatic rings. The van der Waals surface area contributed by atoms with E-state index in [0.717, 1.165) is 53.8 Å². The number of benzene rings is 2. The van der Waals surface area contributed by atoms with Crippen LogP contribution in [0.4, 0.5) is 5.13 Å². The van der Waals surface area contributed by atoms with Gasteiger partial charge in [0.05, 0.1) is 29.0 Å². The molecule has 0 saturated carbocycles. The Morgan fingerprint density at radius 1 is 1.20 bits per heavy atom. The van der Waals surface area contributed by atoms with Crippen molar-refractivity contribution in [2.75, 3.05) is 51.3 Å². The van der Waals surface area contributed by atoms with Crippen molar-refractivity contribution in [1.29, 1.82) is 5.26 Å². The molecule has 2 aromatic carbocycles. The number of anilines is 1. The lowest BCUT2D eigenvalue weighted by atomic mass is 10.1. The molecule has 0 atom stereocenters. The topological polar surface area (TPSA) is 81.5 Å². The lowest BCUT2D eigenvalue weighted by Crippen LogP contribution is -2.48. The van der Waals surface area contributed by atoms with Crippen LogP contribution in [0.2, 0.25) is 0 Å². The van der Waals surface area contributed by atoms with E-state index in [0.29, 0.717) is 17.7 Å². The number of amides is 1. The van der Waals surface area contributed by atoms with Gasteiger partial charge in [-0.1, -0.05) is 11.3 Å². The van der Waals surface area contributed by atoms with E-state index in [9.17, 15) is 4.79 Å². The molecular weight excluding hydrogens is 398 g/mol. The largest absolute Gasteiger partial charge is 0.497 e. The van der Waals surface area contributed by atoms with Gasteiger partial charge in [0.15, 0.2) is 5.13 Å². The van der Waals surface area contributed by atoms with E-state index in [-0.39, 0.29) is 5.91 Å². The Hall–Kier alpha value is -3.15. The van der Waals surface area contributed by atoms with Crippen molar-refractivity contribution in [3.63, 3.8) is 0 Å². The number of ether oxygens (including phenoxy) is 1. The zero-order chi connectivity index (χ0) is 20.9. The molecule has 1 N–H and O–H groups in total. The summed E-state index contributed by atoms with van der Waals surface area (Å²) in [5, 5.41) is 12.8. The second kappa shape index (κ2) is 9.11. The molecule has 0 bridgehead atoms. The lowest BCUT2D eigenvalue weighted by molar-refractivity contribution is 0.0948. The number of thiazole rings is 1. The van der Waals surface area contributed by atoms with Crippen molar-refractivity contribution in [1.82, 2.24) is 15.2 Å². The zero-order valence-electron chi connectivity index (χ0n) is 16.8. The lowest BCUT2D eigenvalue weighted by Gasteiger charge is -2.34. The van der Waals surface area contributed by atoms with E-state index < -0.39 is 0 Å². The van der Waals surface area contributed by atoms with Crippen molar-refractivity contribution in [2.45, 2.75) is 0 Å². The maximum atomic E-state index is 12.2. The van der Waals surface area contributed by atoms with Gasteiger partial charge >= 0.3 is 0 Å². The first-order valence-electron chi connectivity index (χ1n) is 9.86. The van der Waals surface area contributed by atoms with Gasteiger partial charge in [-0.05, 0) is 42.5 Å². The number of nitrogens with one attached hydrogen (secondary N) is 1. The summed E-state index contributed by atoms with van der Waals surface area (Å²) in [5.41, 5.74) is 2.13. The van der Waals surface area contributed by atoms with Crippen LogP contribution in [0.3, 0.4) is 0 Å². The predicted octanol–water partition coefficient (Wildman–Crippen LogP) is 2.73. The van der Waals surface area contributed by atoms with Gasteiger partial charge in [0.2, 0.25) is 0 Å². The number of fused-ring (bicyclic) bond motifs is 1. The van der Waals surface area contributed by atoms with Crippen LogP contribution in [-0.2, 0) is 0 Å². The van der Waals surface area contributed by atoms with Gasteiger partial charge in [-0.3, -0.25) is 9.69 Å². The van der Waals surface area contributed by atoms with Crippen LogP contribution in [0, 0.1) is 11.3 Å². The monoisotopic (exact) mass is 421 g/mol. The molecule has 0 unspecified atom stereocenters. The Morgan fingerprint density at radius 2 is 1.97 bits per heavy atom. The molecule has 8 heteroatoms. The van der Waals surface area contributed by atoms with Gasteiger partial charge in [-0.15, -0.1) is 0 Å². The van der Waals surface area contributed by atoms with Crippen LogP contribution < -0.4 is 15.0 Å². The van der Waals surface area contributed by atoms with Crippen LogP contribution in [0.5, 0.6) is 5.75 Å². The number of hydrogen-bond acceptors (Lipinski definition) is 7. The predicted molar refractivity (Wildman–Crippen MR) is 118 cm³/mol. The Morgan fingerprint density at radius 3 is 2.67 bits per heavy atom. The summed E-state index contributed by atoms with van der Waals surface area (Å²) in [7, 11) is 1.68. The third-order valence-corrected chi connectivity index (χ3v) is 6.30. The van der Waals surface area contributed by atoms with Crippen molar-refractivity contribution in [3.05, 3.63) is 53.6 Å². The van der Waals surface area contributed by atoms with Crippen molar-refractivity contribution in [2.24, 2.45) is 0 Å². The molecule has 1 aliphatic heterocycles.